The summed E-state index contributed by atoms with van der Waals surface area (Å²) in [6.45, 7) is 2.18. The Labute approximate surface area is 192 Å². The van der Waals surface area contributed by atoms with Crippen LogP contribution >= 0.6 is 0 Å². The third-order valence-corrected chi connectivity index (χ3v) is 6.95. The van der Waals surface area contributed by atoms with Crippen LogP contribution in [0.25, 0.3) is 16.7 Å². The van der Waals surface area contributed by atoms with Crippen LogP contribution in [-0.2, 0) is 4.79 Å². The minimum atomic E-state index is -0.324. The molecule has 6 nitrogen and oxygen atoms in total. The monoisotopic (exact) mass is 443 g/mol. The molecule has 1 aliphatic carbocycles. The molecule has 2 N–H and O–H groups in total. The first-order chi connectivity index (χ1) is 16.0. The summed E-state index contributed by atoms with van der Waals surface area (Å²) in [5.41, 5.74) is 6.41. The average molecular weight is 444 g/mol. The summed E-state index contributed by atoms with van der Waals surface area (Å²) in [7, 11) is 2.16. The minimum Gasteiger partial charge on any atom is -0.378 e. The fourth-order valence-electron chi connectivity index (χ4n) is 4.93. The Kier molecular flexibility index (Phi) is 4.80. The predicted octanol–water partition coefficient (Wildman–Crippen LogP) is 4.55. The fourth-order valence-corrected chi connectivity index (χ4v) is 4.93. The lowest BCUT2D eigenvalue weighted by Gasteiger charge is -2.28. The van der Waals surface area contributed by atoms with Crippen LogP contribution in [0.1, 0.15) is 30.9 Å². The van der Waals surface area contributed by atoms with E-state index in [2.05, 4.69) is 56.8 Å². The third kappa shape index (κ3) is 3.82. The highest BCUT2D eigenvalue weighted by molar-refractivity contribution is 6.29. The van der Waals surface area contributed by atoms with Crippen molar-refractivity contribution >= 4 is 22.9 Å². The van der Waals surface area contributed by atoms with Gasteiger partial charge in [0.1, 0.15) is 5.82 Å². The van der Waals surface area contributed by atoms with Gasteiger partial charge in [-0.1, -0.05) is 6.07 Å². The second-order valence-corrected chi connectivity index (χ2v) is 9.27. The second kappa shape index (κ2) is 7.85. The molecule has 0 radical (unpaired) electrons. The molecule has 2 aliphatic heterocycles. The Morgan fingerprint density at radius 2 is 1.91 bits per heavy atom. The largest absolute Gasteiger partial charge is 0.378 e. The van der Waals surface area contributed by atoms with Crippen LogP contribution < -0.4 is 10.6 Å². The molecule has 33 heavy (non-hydrogen) atoms. The standard InChI is InChI=1S/C26H26FN5O/c1-31-10-8-20(9-11-31)32-15-17(14-28-32)16-2-7-23-21(12-16)25(22-13-24(22)30-23)26(33)29-19-5-3-18(27)4-6-19/h2-7,12,14-15,20,24,30H,8-11,13H2,1H3,(H,29,33). The minimum absolute atomic E-state index is 0.152. The molecule has 1 aromatic heterocycles. The number of nitrogens with one attached hydrogen (secondary N) is 2. The zero-order chi connectivity index (χ0) is 22.5. The Morgan fingerprint density at radius 3 is 2.70 bits per heavy atom. The number of amides is 1. The summed E-state index contributed by atoms with van der Waals surface area (Å²) >= 11 is 0. The zero-order valence-electron chi connectivity index (χ0n) is 18.5. The van der Waals surface area contributed by atoms with E-state index in [1.807, 2.05) is 6.20 Å². The number of rotatable bonds is 4. The molecule has 0 spiro atoms. The van der Waals surface area contributed by atoms with E-state index in [1.165, 1.54) is 12.1 Å². The van der Waals surface area contributed by atoms with Crippen LogP contribution in [-0.4, -0.2) is 46.8 Å². The maximum atomic E-state index is 13.2. The number of benzene rings is 2. The van der Waals surface area contributed by atoms with Crippen molar-refractivity contribution in [1.29, 1.82) is 0 Å². The molecule has 168 valence electrons. The topological polar surface area (TPSA) is 62.2 Å². The van der Waals surface area contributed by atoms with E-state index < -0.39 is 0 Å². The van der Waals surface area contributed by atoms with Crippen LogP contribution in [0.5, 0.6) is 0 Å². The van der Waals surface area contributed by atoms with Gasteiger partial charge in [0.05, 0.1) is 23.9 Å². The van der Waals surface area contributed by atoms with Crippen molar-refractivity contribution in [3.8, 4) is 11.1 Å². The van der Waals surface area contributed by atoms with E-state index in [9.17, 15) is 9.18 Å². The van der Waals surface area contributed by atoms with Crippen LogP contribution in [0.15, 0.2) is 60.4 Å². The van der Waals surface area contributed by atoms with Crippen molar-refractivity contribution in [2.24, 2.45) is 0 Å². The molecule has 1 amide bonds. The third-order valence-electron chi connectivity index (χ3n) is 6.95. The number of carbonyl (C=O) groups is 1. The first-order valence-electron chi connectivity index (χ1n) is 11.5. The number of nitrogens with zero attached hydrogens (tertiary/aromatic N) is 3. The lowest BCUT2D eigenvalue weighted by Crippen LogP contribution is -2.31. The van der Waals surface area contributed by atoms with Crippen LogP contribution in [0.4, 0.5) is 15.8 Å². The van der Waals surface area contributed by atoms with Gasteiger partial charge in [0, 0.05) is 28.7 Å². The van der Waals surface area contributed by atoms with E-state index in [1.54, 1.807) is 12.1 Å². The van der Waals surface area contributed by atoms with Crippen molar-refractivity contribution < 1.29 is 9.18 Å². The molecule has 0 bridgehead atoms. The Morgan fingerprint density at radius 1 is 1.12 bits per heavy atom. The summed E-state index contributed by atoms with van der Waals surface area (Å²) in [6.07, 6.45) is 7.12. The Balaban J connectivity index is 1.28. The van der Waals surface area contributed by atoms with E-state index in [0.29, 0.717) is 11.7 Å². The van der Waals surface area contributed by atoms with Crippen molar-refractivity contribution in [3.05, 3.63) is 71.8 Å². The van der Waals surface area contributed by atoms with Gasteiger partial charge in [0.2, 0.25) is 0 Å². The highest BCUT2D eigenvalue weighted by atomic mass is 19.1. The van der Waals surface area contributed by atoms with E-state index in [0.717, 1.165) is 65.9 Å². The smallest absolute Gasteiger partial charge is 0.256 e. The molecule has 7 heteroatoms. The van der Waals surface area contributed by atoms with Gasteiger partial charge in [-0.25, -0.2) is 4.39 Å². The Bertz CT molecular complexity index is 1250. The number of halogens is 1. The number of anilines is 2. The summed E-state index contributed by atoms with van der Waals surface area (Å²) in [4.78, 5) is 15.6. The van der Waals surface area contributed by atoms with Gasteiger partial charge in [-0.3, -0.25) is 9.48 Å². The Hall–Kier alpha value is -3.45. The maximum Gasteiger partial charge on any atom is 0.256 e. The molecule has 3 heterocycles. The number of carbonyl (C=O) groups excluding carboxylic acids is 1. The first kappa shape index (κ1) is 20.2. The number of aromatic nitrogens is 2. The molecule has 6 rings (SSSR count). The molecule has 1 saturated heterocycles. The van der Waals surface area contributed by atoms with Crippen molar-refractivity contribution in [2.45, 2.75) is 31.3 Å². The number of piperidine rings is 1. The second-order valence-electron chi connectivity index (χ2n) is 9.27. The van der Waals surface area contributed by atoms with Gasteiger partial charge in [-0.15, -0.1) is 0 Å². The summed E-state index contributed by atoms with van der Waals surface area (Å²) in [5, 5.41) is 11.1. The van der Waals surface area contributed by atoms with E-state index in [-0.39, 0.29) is 17.8 Å². The highest BCUT2D eigenvalue weighted by Crippen LogP contribution is 2.47. The fraction of sp³-hybridized carbons (Fsp3) is 0.308. The van der Waals surface area contributed by atoms with Crippen LogP contribution in [0, 0.1) is 5.82 Å². The molecule has 2 aromatic carbocycles. The normalized spacial score (nSPS) is 20.1. The van der Waals surface area contributed by atoms with Crippen LogP contribution in [0.3, 0.4) is 0 Å². The van der Waals surface area contributed by atoms with Crippen molar-refractivity contribution in [1.82, 2.24) is 14.7 Å². The number of hydrogen-bond donors (Lipinski definition) is 2. The average Bonchev–Trinajstić information content (AvgIpc) is 3.41. The maximum absolute atomic E-state index is 13.2. The van der Waals surface area contributed by atoms with Crippen molar-refractivity contribution in [3.63, 3.8) is 0 Å². The molecular weight excluding hydrogens is 417 g/mol. The molecular formula is C26H26FN5O. The number of hydrogen-bond acceptors (Lipinski definition) is 4. The van der Waals surface area contributed by atoms with Gasteiger partial charge in [-0.05, 0) is 86.9 Å². The van der Waals surface area contributed by atoms with Gasteiger partial charge in [0.15, 0.2) is 0 Å². The lowest BCUT2D eigenvalue weighted by molar-refractivity contribution is -0.111. The molecule has 3 aromatic rings. The lowest BCUT2D eigenvalue weighted by atomic mass is 9.95. The quantitative estimate of drug-likeness (QED) is 0.621. The van der Waals surface area contributed by atoms with E-state index in [4.69, 9.17) is 0 Å². The molecule has 3 aliphatic rings. The summed E-state index contributed by atoms with van der Waals surface area (Å²) in [6, 6.07) is 12.7. The van der Waals surface area contributed by atoms with E-state index >= 15 is 0 Å². The summed E-state index contributed by atoms with van der Waals surface area (Å²) < 4.78 is 15.3. The van der Waals surface area contributed by atoms with Gasteiger partial charge in [-0.2, -0.15) is 5.10 Å². The summed E-state index contributed by atoms with van der Waals surface area (Å²) in [5.74, 6) is -0.476. The SMILES string of the molecule is CN1CCC(n2cc(-c3ccc4c(c3)C(C(=O)Nc3ccc(F)cc3)=C3CC3N4)cn2)CC1. The highest BCUT2D eigenvalue weighted by Gasteiger charge is 2.40. The molecule has 1 atom stereocenters. The van der Waals surface area contributed by atoms with Crippen molar-refractivity contribution in [2.75, 3.05) is 30.8 Å². The first-order valence-corrected chi connectivity index (χ1v) is 11.5. The van der Waals surface area contributed by atoms with Gasteiger partial charge in [0.25, 0.3) is 5.91 Å². The van der Waals surface area contributed by atoms with Gasteiger partial charge >= 0.3 is 0 Å². The number of fused-ring (bicyclic) bond motifs is 2. The molecule has 1 unspecified atom stereocenters. The zero-order valence-corrected chi connectivity index (χ0v) is 18.5. The predicted molar refractivity (Wildman–Crippen MR) is 127 cm³/mol. The number of likely N-dealkylation sites (tertiary alicyclic amines) is 1. The van der Waals surface area contributed by atoms with Crippen LogP contribution in [0.2, 0.25) is 0 Å². The molecule has 1 saturated carbocycles. The van der Waals surface area contributed by atoms with Gasteiger partial charge < -0.3 is 15.5 Å². The molecule has 2 fully saturated rings.